The molecule has 0 N–H and O–H groups in total. The molecule has 2 rings (SSSR count). The Balaban J connectivity index is 3.04. The molecule has 0 aliphatic heterocycles. The summed E-state index contributed by atoms with van der Waals surface area (Å²) < 4.78 is 136. The van der Waals surface area contributed by atoms with Gasteiger partial charge in [0.15, 0.2) is 0 Å². The van der Waals surface area contributed by atoms with Crippen LogP contribution in [0.25, 0.3) is 11.1 Å². The molecule has 1 radical (unpaired) electrons. The van der Waals surface area contributed by atoms with Crippen LogP contribution >= 0.6 is 0 Å². The Hall–Kier alpha value is -2.26. The second-order valence-electron chi connectivity index (χ2n) is 6.07. The first kappa shape index (κ1) is 22.0. The highest BCUT2D eigenvalue weighted by Crippen LogP contribution is 2.60. The Bertz CT molecular complexity index is 879. The molecule has 0 saturated heterocycles. The predicted octanol–water partition coefficient (Wildman–Crippen LogP) is 6.83. The Morgan fingerprint density at radius 1 is 0.786 bits per heavy atom. The average Bonchev–Trinajstić information content (AvgIpc) is 2.52. The van der Waals surface area contributed by atoms with E-state index in [0.717, 1.165) is 38.1 Å². The van der Waals surface area contributed by atoms with Crippen LogP contribution < -0.4 is 0 Å². The van der Waals surface area contributed by atoms with Crippen molar-refractivity contribution in [2.24, 2.45) is 0 Å². The van der Waals surface area contributed by atoms with E-state index in [1.807, 2.05) is 0 Å². The molecule has 2 aromatic carbocycles. The maximum absolute atomic E-state index is 15.0. The minimum absolute atomic E-state index is 0.169. The van der Waals surface area contributed by atoms with Gasteiger partial charge >= 0.3 is 23.9 Å². The molecule has 28 heavy (non-hydrogen) atoms. The fraction of sp³-hybridized carbons (Fsp3) is 0.333. The number of alkyl halides is 9. The summed E-state index contributed by atoms with van der Waals surface area (Å²) >= 11 is 0. The molecule has 10 heteroatoms. The molecule has 1 unspecified atom stereocenters. The van der Waals surface area contributed by atoms with Crippen LogP contribution in [-0.2, 0) is 5.67 Å². The van der Waals surface area contributed by atoms with Crippen LogP contribution in [-0.4, -0.2) is 18.3 Å². The SMILES string of the molecule is Cc1[c]c(C)c(-c2ccccc2F)c(C(F)(C(F)(F)F)C(F)(F)C(F)(F)F)c1. The van der Waals surface area contributed by atoms with Gasteiger partial charge in [-0.3, -0.25) is 0 Å². The van der Waals surface area contributed by atoms with E-state index in [9.17, 15) is 39.5 Å². The van der Waals surface area contributed by atoms with E-state index in [1.165, 1.54) is 0 Å². The summed E-state index contributed by atoms with van der Waals surface area (Å²) in [6, 6.07) is 6.37. The van der Waals surface area contributed by atoms with E-state index in [2.05, 4.69) is 6.07 Å². The Labute approximate surface area is 152 Å². The quantitative estimate of drug-likeness (QED) is 0.480. The van der Waals surface area contributed by atoms with E-state index in [1.54, 1.807) is 0 Å². The minimum atomic E-state index is -6.87. The fourth-order valence-corrected chi connectivity index (χ4v) is 2.86. The third kappa shape index (κ3) is 3.22. The van der Waals surface area contributed by atoms with E-state index >= 15 is 4.39 Å². The zero-order valence-electron chi connectivity index (χ0n) is 14.2. The smallest absolute Gasteiger partial charge is 0.221 e. The van der Waals surface area contributed by atoms with E-state index in [4.69, 9.17) is 0 Å². The first-order valence-electron chi connectivity index (χ1n) is 7.54. The summed E-state index contributed by atoms with van der Waals surface area (Å²) in [5.41, 5.74) is -10.8. The molecular formula is C18H11F10. The third-order valence-electron chi connectivity index (χ3n) is 4.08. The molecule has 0 aliphatic rings. The highest BCUT2D eigenvalue weighted by atomic mass is 19.4. The van der Waals surface area contributed by atoms with Crippen molar-refractivity contribution in [1.82, 2.24) is 0 Å². The normalized spacial score (nSPS) is 15.4. The molecule has 0 amide bonds. The van der Waals surface area contributed by atoms with Gasteiger partial charge in [-0.2, -0.15) is 35.1 Å². The average molecular weight is 417 g/mol. The fourth-order valence-electron chi connectivity index (χ4n) is 2.86. The zero-order chi connectivity index (χ0) is 21.7. The van der Waals surface area contributed by atoms with Crippen LogP contribution in [0.1, 0.15) is 16.7 Å². The van der Waals surface area contributed by atoms with Crippen molar-refractivity contribution in [2.45, 2.75) is 37.8 Å². The Morgan fingerprint density at radius 2 is 1.32 bits per heavy atom. The molecule has 1 atom stereocenters. The number of aryl methyl sites for hydroxylation is 2. The van der Waals surface area contributed by atoms with Crippen LogP contribution in [0.15, 0.2) is 30.3 Å². The molecule has 0 spiro atoms. The van der Waals surface area contributed by atoms with Gasteiger partial charge in [-0.1, -0.05) is 24.3 Å². The van der Waals surface area contributed by atoms with Crippen LogP contribution in [0.4, 0.5) is 43.9 Å². The molecule has 0 fully saturated rings. The van der Waals surface area contributed by atoms with Crippen molar-refractivity contribution in [3.05, 3.63) is 58.9 Å². The lowest BCUT2D eigenvalue weighted by atomic mass is 9.80. The molecule has 153 valence electrons. The van der Waals surface area contributed by atoms with Crippen molar-refractivity contribution in [3.8, 4) is 11.1 Å². The number of benzene rings is 2. The van der Waals surface area contributed by atoms with Crippen molar-refractivity contribution < 1.29 is 43.9 Å². The lowest BCUT2D eigenvalue weighted by molar-refractivity contribution is -0.389. The van der Waals surface area contributed by atoms with Gasteiger partial charge in [0.2, 0.25) is 0 Å². The highest BCUT2D eigenvalue weighted by molar-refractivity contribution is 5.73. The number of hydrogen-bond acceptors (Lipinski definition) is 0. The molecular weight excluding hydrogens is 406 g/mol. The maximum Gasteiger partial charge on any atom is 0.457 e. The minimum Gasteiger partial charge on any atom is -0.221 e. The molecule has 2 aromatic rings. The van der Waals surface area contributed by atoms with Gasteiger partial charge in [0, 0.05) is 11.1 Å². The van der Waals surface area contributed by atoms with Gasteiger partial charge in [-0.25, -0.2) is 8.78 Å². The zero-order valence-corrected chi connectivity index (χ0v) is 14.2. The number of hydrogen-bond donors (Lipinski definition) is 0. The van der Waals surface area contributed by atoms with Gasteiger partial charge in [0.25, 0.3) is 0 Å². The molecule has 0 heterocycles. The Kier molecular flexibility index (Phi) is 5.24. The standard InChI is InChI=1S/C18H11F10/c1-9-7-10(2)14(11-5-3-4-6-13(11)19)12(8-9)15(20,17(23,24)25)16(21,22)18(26,27)28/h3-6,8H,1-2H3. The topological polar surface area (TPSA) is 0 Å². The summed E-state index contributed by atoms with van der Waals surface area (Å²) in [4.78, 5) is 0. The summed E-state index contributed by atoms with van der Waals surface area (Å²) in [5, 5.41) is 0. The summed E-state index contributed by atoms with van der Waals surface area (Å²) in [6.07, 6.45) is -13.5. The van der Waals surface area contributed by atoms with Crippen molar-refractivity contribution in [2.75, 3.05) is 0 Å². The first-order chi connectivity index (χ1) is 12.6. The van der Waals surface area contributed by atoms with Gasteiger partial charge in [0.05, 0.1) is 0 Å². The van der Waals surface area contributed by atoms with Crippen molar-refractivity contribution in [1.29, 1.82) is 0 Å². The predicted molar refractivity (Wildman–Crippen MR) is 80.0 cm³/mol. The summed E-state index contributed by atoms with van der Waals surface area (Å²) in [7, 11) is 0. The second-order valence-corrected chi connectivity index (χ2v) is 6.07. The largest absolute Gasteiger partial charge is 0.457 e. The molecule has 0 aromatic heterocycles. The van der Waals surface area contributed by atoms with Crippen LogP contribution in [0.2, 0.25) is 0 Å². The van der Waals surface area contributed by atoms with Crippen molar-refractivity contribution >= 4 is 0 Å². The van der Waals surface area contributed by atoms with Gasteiger partial charge in [-0.05, 0) is 42.7 Å². The van der Waals surface area contributed by atoms with Crippen LogP contribution in [0.3, 0.4) is 0 Å². The molecule has 0 bridgehead atoms. The first-order valence-corrected chi connectivity index (χ1v) is 7.54. The van der Waals surface area contributed by atoms with E-state index < -0.39 is 52.0 Å². The van der Waals surface area contributed by atoms with Gasteiger partial charge in [-0.15, -0.1) is 0 Å². The molecule has 0 aliphatic carbocycles. The number of halogens is 10. The second kappa shape index (κ2) is 6.66. The van der Waals surface area contributed by atoms with Gasteiger partial charge in [0.1, 0.15) is 5.82 Å². The lowest BCUT2D eigenvalue weighted by Gasteiger charge is -2.37. The van der Waals surface area contributed by atoms with Crippen LogP contribution in [0, 0.1) is 25.7 Å². The summed E-state index contributed by atoms with van der Waals surface area (Å²) in [5.74, 6) is -8.08. The highest BCUT2D eigenvalue weighted by Gasteiger charge is 2.82. The summed E-state index contributed by atoms with van der Waals surface area (Å²) in [6.45, 7) is 2.03. The molecule has 0 nitrogen and oxygen atoms in total. The van der Waals surface area contributed by atoms with E-state index in [-0.39, 0.29) is 11.6 Å². The molecule has 0 saturated carbocycles. The third-order valence-corrected chi connectivity index (χ3v) is 4.08. The van der Waals surface area contributed by atoms with E-state index in [0.29, 0.717) is 0 Å². The van der Waals surface area contributed by atoms with Crippen molar-refractivity contribution in [3.63, 3.8) is 0 Å². The number of rotatable bonds is 3. The van der Waals surface area contributed by atoms with Crippen LogP contribution in [0.5, 0.6) is 0 Å². The Morgan fingerprint density at radius 3 is 1.79 bits per heavy atom. The lowest BCUT2D eigenvalue weighted by Crippen LogP contribution is -2.60. The monoisotopic (exact) mass is 417 g/mol. The maximum atomic E-state index is 15.0. The van der Waals surface area contributed by atoms with Gasteiger partial charge < -0.3 is 0 Å².